The van der Waals surface area contributed by atoms with Crippen LogP contribution in [0.5, 0.6) is 5.75 Å². The maximum absolute atomic E-state index is 13.9. The van der Waals surface area contributed by atoms with E-state index in [9.17, 15) is 18.3 Å². The highest BCUT2D eigenvalue weighted by molar-refractivity contribution is 14.0. The third-order valence-electron chi connectivity index (χ3n) is 4.31. The molecular formula is C22H30F3IN4O2. The van der Waals surface area contributed by atoms with Crippen molar-refractivity contribution in [2.24, 2.45) is 4.99 Å². The first-order chi connectivity index (χ1) is 14.8. The molecule has 0 amide bonds. The van der Waals surface area contributed by atoms with E-state index < -0.39 is 12.7 Å². The third kappa shape index (κ3) is 9.61. The highest BCUT2D eigenvalue weighted by atomic mass is 127. The third-order valence-corrected chi connectivity index (χ3v) is 4.31. The molecule has 32 heavy (non-hydrogen) atoms. The molecule has 0 aromatic heterocycles. The predicted molar refractivity (Wildman–Crippen MR) is 130 cm³/mol. The lowest BCUT2D eigenvalue weighted by molar-refractivity contribution is -0.0498. The summed E-state index contributed by atoms with van der Waals surface area (Å²) in [4.78, 5) is 6.38. The first-order valence-electron chi connectivity index (χ1n) is 9.95. The van der Waals surface area contributed by atoms with E-state index in [1.165, 1.54) is 30.3 Å². The van der Waals surface area contributed by atoms with Gasteiger partial charge in [0, 0.05) is 25.2 Å². The molecular weight excluding hydrogens is 536 g/mol. The fraction of sp³-hybridized carbons (Fsp3) is 0.409. The van der Waals surface area contributed by atoms with Crippen LogP contribution >= 0.6 is 24.0 Å². The molecule has 1 atom stereocenters. The van der Waals surface area contributed by atoms with Crippen LogP contribution in [0.4, 0.5) is 13.2 Å². The normalized spacial score (nSPS) is 12.5. The highest BCUT2D eigenvalue weighted by Gasteiger charge is 2.11. The van der Waals surface area contributed by atoms with Crippen molar-refractivity contribution in [2.75, 3.05) is 27.2 Å². The zero-order chi connectivity index (χ0) is 22.8. The number of alkyl halides is 2. The summed E-state index contributed by atoms with van der Waals surface area (Å²) >= 11 is 0. The van der Waals surface area contributed by atoms with Gasteiger partial charge in [-0.2, -0.15) is 8.78 Å². The Hall–Kier alpha value is -2.05. The van der Waals surface area contributed by atoms with E-state index >= 15 is 0 Å². The van der Waals surface area contributed by atoms with Gasteiger partial charge in [0.1, 0.15) is 11.6 Å². The lowest BCUT2D eigenvalue weighted by atomic mass is 10.1. The minimum absolute atomic E-state index is 0. The van der Waals surface area contributed by atoms with Gasteiger partial charge in [0.15, 0.2) is 5.96 Å². The summed E-state index contributed by atoms with van der Waals surface area (Å²) in [6.45, 7) is 0.646. The molecule has 0 aliphatic rings. The number of hydrogen-bond donors (Lipinski definition) is 3. The Morgan fingerprint density at radius 1 is 1.12 bits per heavy atom. The largest absolute Gasteiger partial charge is 0.435 e. The van der Waals surface area contributed by atoms with Crippen molar-refractivity contribution in [3.8, 4) is 5.75 Å². The van der Waals surface area contributed by atoms with Crippen molar-refractivity contribution in [1.82, 2.24) is 15.5 Å². The van der Waals surface area contributed by atoms with E-state index in [1.54, 1.807) is 12.1 Å². The first kappa shape index (κ1) is 28.0. The maximum Gasteiger partial charge on any atom is 0.387 e. The second kappa shape index (κ2) is 14.2. The molecule has 0 saturated carbocycles. The topological polar surface area (TPSA) is 69.1 Å². The summed E-state index contributed by atoms with van der Waals surface area (Å²) in [5.41, 5.74) is 2.02. The summed E-state index contributed by atoms with van der Waals surface area (Å²) in [5.74, 6) is 0.277. The Kier molecular flexibility index (Phi) is 12.4. The quantitative estimate of drug-likeness (QED) is 0.232. The van der Waals surface area contributed by atoms with Gasteiger partial charge in [-0.05, 0) is 56.4 Å². The minimum Gasteiger partial charge on any atom is -0.435 e. The van der Waals surface area contributed by atoms with Crippen molar-refractivity contribution >= 4 is 29.9 Å². The zero-order valence-corrected chi connectivity index (χ0v) is 20.6. The highest BCUT2D eigenvalue weighted by Crippen LogP contribution is 2.19. The Balaban J connectivity index is 0.00000512. The SMILES string of the molecule is CCNC(=NCc1ccc(F)c(CN(C)C)c1)NCC(O)c1ccc(OC(F)F)cc1.I. The van der Waals surface area contributed by atoms with E-state index in [0.29, 0.717) is 36.7 Å². The van der Waals surface area contributed by atoms with Gasteiger partial charge in [0.05, 0.1) is 12.6 Å². The molecule has 0 heterocycles. The number of ether oxygens (including phenoxy) is 1. The van der Waals surface area contributed by atoms with E-state index in [2.05, 4.69) is 20.4 Å². The van der Waals surface area contributed by atoms with Crippen molar-refractivity contribution in [2.45, 2.75) is 32.7 Å². The fourth-order valence-electron chi connectivity index (χ4n) is 2.88. The van der Waals surface area contributed by atoms with Gasteiger partial charge in [-0.3, -0.25) is 0 Å². The molecule has 0 aliphatic carbocycles. The molecule has 0 aliphatic heterocycles. The summed E-state index contributed by atoms with van der Waals surface area (Å²) < 4.78 is 42.7. The Bertz CT molecular complexity index is 852. The molecule has 10 heteroatoms. The van der Waals surface area contributed by atoms with Gasteiger partial charge in [0.2, 0.25) is 0 Å². The number of hydrogen-bond acceptors (Lipinski definition) is 4. The molecule has 0 spiro atoms. The van der Waals surface area contributed by atoms with E-state index in [0.717, 1.165) is 5.56 Å². The van der Waals surface area contributed by atoms with Gasteiger partial charge in [-0.15, -0.1) is 24.0 Å². The number of nitrogens with one attached hydrogen (secondary N) is 2. The molecule has 178 valence electrons. The van der Waals surface area contributed by atoms with Crippen LogP contribution in [0.15, 0.2) is 47.5 Å². The average molecular weight is 566 g/mol. The molecule has 2 aromatic rings. The molecule has 0 radical (unpaired) electrons. The van der Waals surface area contributed by atoms with E-state index in [4.69, 9.17) is 0 Å². The van der Waals surface area contributed by atoms with Crippen LogP contribution in [0.2, 0.25) is 0 Å². The fourth-order valence-corrected chi connectivity index (χ4v) is 2.88. The van der Waals surface area contributed by atoms with Crippen LogP contribution in [0, 0.1) is 5.82 Å². The average Bonchev–Trinajstić information content (AvgIpc) is 2.71. The number of aliphatic hydroxyl groups excluding tert-OH is 1. The summed E-state index contributed by atoms with van der Waals surface area (Å²) in [7, 11) is 3.75. The van der Waals surface area contributed by atoms with Crippen molar-refractivity contribution in [1.29, 1.82) is 0 Å². The molecule has 0 saturated heterocycles. The number of aliphatic hydroxyl groups is 1. The van der Waals surface area contributed by atoms with Gasteiger partial charge >= 0.3 is 6.61 Å². The molecule has 2 rings (SSSR count). The second-order valence-corrected chi connectivity index (χ2v) is 7.20. The second-order valence-electron chi connectivity index (χ2n) is 7.20. The predicted octanol–water partition coefficient (Wildman–Crippen LogP) is 3.90. The lowest BCUT2D eigenvalue weighted by Crippen LogP contribution is -2.39. The van der Waals surface area contributed by atoms with Gasteiger partial charge in [-0.25, -0.2) is 9.38 Å². The number of halogens is 4. The van der Waals surface area contributed by atoms with Crippen LogP contribution in [0.25, 0.3) is 0 Å². The van der Waals surface area contributed by atoms with Gasteiger partial charge in [0.25, 0.3) is 0 Å². The molecule has 3 N–H and O–H groups in total. The molecule has 1 unspecified atom stereocenters. The van der Waals surface area contributed by atoms with Crippen LogP contribution in [-0.2, 0) is 13.1 Å². The van der Waals surface area contributed by atoms with E-state index in [-0.39, 0.29) is 42.1 Å². The number of aliphatic imine (C=N–C) groups is 1. The van der Waals surface area contributed by atoms with Crippen molar-refractivity contribution in [3.05, 3.63) is 65.0 Å². The molecule has 6 nitrogen and oxygen atoms in total. The molecule has 2 aromatic carbocycles. The van der Waals surface area contributed by atoms with Crippen molar-refractivity contribution in [3.63, 3.8) is 0 Å². The lowest BCUT2D eigenvalue weighted by Gasteiger charge is -2.16. The van der Waals surface area contributed by atoms with Crippen LogP contribution in [-0.4, -0.2) is 49.8 Å². The van der Waals surface area contributed by atoms with Crippen LogP contribution in [0.1, 0.15) is 29.7 Å². The minimum atomic E-state index is -2.89. The van der Waals surface area contributed by atoms with Crippen LogP contribution in [0.3, 0.4) is 0 Å². The number of nitrogens with zero attached hydrogens (tertiary/aromatic N) is 2. The smallest absolute Gasteiger partial charge is 0.387 e. The first-order valence-corrected chi connectivity index (χ1v) is 9.95. The van der Waals surface area contributed by atoms with Crippen LogP contribution < -0.4 is 15.4 Å². The number of rotatable bonds is 10. The Labute approximate surface area is 203 Å². The Morgan fingerprint density at radius 2 is 1.81 bits per heavy atom. The van der Waals surface area contributed by atoms with E-state index in [1.807, 2.05) is 25.9 Å². The molecule has 0 bridgehead atoms. The van der Waals surface area contributed by atoms with Gasteiger partial charge < -0.3 is 25.4 Å². The monoisotopic (exact) mass is 566 g/mol. The Morgan fingerprint density at radius 3 is 2.41 bits per heavy atom. The number of benzene rings is 2. The summed E-state index contributed by atoms with van der Waals surface area (Å²) in [6.07, 6.45) is -0.873. The number of guanidine groups is 1. The van der Waals surface area contributed by atoms with Gasteiger partial charge in [-0.1, -0.05) is 18.2 Å². The maximum atomic E-state index is 13.9. The summed E-state index contributed by atoms with van der Waals surface area (Å²) in [5, 5.41) is 16.5. The standard InChI is InChI=1S/C22H29F3N4O2.HI/c1-4-26-22(27-12-15-5-10-19(23)17(11-15)14-29(2)3)28-13-20(30)16-6-8-18(9-7-16)31-21(24)25;/h5-11,20-21,30H,4,12-14H2,1-3H3,(H2,26,27,28);1H. The molecule has 0 fully saturated rings. The van der Waals surface area contributed by atoms with Crippen molar-refractivity contribution < 1.29 is 23.0 Å². The summed E-state index contributed by atoms with van der Waals surface area (Å²) in [6, 6.07) is 10.7. The zero-order valence-electron chi connectivity index (χ0n) is 18.3.